The van der Waals surface area contributed by atoms with E-state index in [0.29, 0.717) is 12.1 Å². The molecule has 0 radical (unpaired) electrons. The Morgan fingerprint density at radius 3 is 2.05 bits per heavy atom. The van der Waals surface area contributed by atoms with Crippen LogP contribution in [0.4, 0.5) is 32.0 Å². The topological polar surface area (TPSA) is 69.2 Å². The van der Waals surface area contributed by atoms with Crippen molar-refractivity contribution in [1.29, 1.82) is 0 Å². The van der Waals surface area contributed by atoms with Gasteiger partial charge in [0.15, 0.2) is 0 Å². The van der Waals surface area contributed by atoms with Crippen molar-refractivity contribution in [3.8, 4) is 0 Å². The fourth-order valence-corrected chi connectivity index (χ4v) is 1.32. The summed E-state index contributed by atoms with van der Waals surface area (Å²) < 4.78 is 74.4. The van der Waals surface area contributed by atoms with Gasteiger partial charge in [-0.3, -0.25) is 10.1 Å². The van der Waals surface area contributed by atoms with Gasteiger partial charge in [0.05, 0.1) is 4.92 Å². The molecule has 106 valence electrons. The normalized spacial score (nSPS) is 14.3. The highest BCUT2D eigenvalue weighted by atomic mass is 19.4. The van der Waals surface area contributed by atoms with Crippen molar-refractivity contribution >= 4 is 5.69 Å². The molecule has 0 saturated heterocycles. The lowest BCUT2D eigenvalue weighted by atomic mass is 10.0. The molecule has 0 fully saturated rings. The van der Waals surface area contributed by atoms with Gasteiger partial charge in [-0.05, 0) is 11.6 Å². The molecule has 0 unspecified atom stereocenters. The number of nitrogens with two attached hydrogens (primary N) is 1. The van der Waals surface area contributed by atoms with Gasteiger partial charge in [0.1, 0.15) is 11.6 Å². The fraction of sp³-hybridized carbons (Fsp3) is 0.333. The van der Waals surface area contributed by atoms with Gasteiger partial charge in [-0.1, -0.05) is 6.07 Å². The average Bonchev–Trinajstić information content (AvgIpc) is 2.24. The molecule has 0 aliphatic carbocycles. The minimum absolute atomic E-state index is 0.0380. The van der Waals surface area contributed by atoms with E-state index in [9.17, 15) is 36.5 Å². The number of halogens is 6. The molecule has 1 aromatic carbocycles. The van der Waals surface area contributed by atoms with E-state index in [1.54, 1.807) is 0 Å². The van der Waals surface area contributed by atoms with Crippen LogP contribution in [0.2, 0.25) is 0 Å². The van der Waals surface area contributed by atoms with Gasteiger partial charge in [-0.25, -0.2) is 0 Å². The molecule has 0 aromatic heterocycles. The minimum Gasteiger partial charge on any atom is -0.316 e. The van der Waals surface area contributed by atoms with Crippen molar-refractivity contribution in [2.24, 2.45) is 5.73 Å². The van der Waals surface area contributed by atoms with Gasteiger partial charge < -0.3 is 5.73 Å². The summed E-state index contributed by atoms with van der Waals surface area (Å²) in [4.78, 5) is 9.07. The van der Waals surface area contributed by atoms with Crippen molar-refractivity contribution in [1.82, 2.24) is 0 Å². The molecule has 19 heavy (non-hydrogen) atoms. The van der Waals surface area contributed by atoms with Gasteiger partial charge in [0, 0.05) is 6.07 Å². The molecule has 0 spiro atoms. The first-order valence-corrected chi connectivity index (χ1v) is 4.62. The maximum Gasteiger partial charge on any atom is 0.423 e. The van der Waals surface area contributed by atoms with Crippen molar-refractivity contribution in [2.75, 3.05) is 0 Å². The Labute approximate surface area is 102 Å². The summed E-state index contributed by atoms with van der Waals surface area (Å²) in [7, 11) is 0. The van der Waals surface area contributed by atoms with Gasteiger partial charge in [0.2, 0.25) is 0 Å². The van der Waals surface area contributed by atoms with E-state index >= 15 is 0 Å². The molecule has 1 aromatic rings. The van der Waals surface area contributed by atoms with E-state index < -0.39 is 40.1 Å². The van der Waals surface area contributed by atoms with Crippen LogP contribution < -0.4 is 5.73 Å². The smallest absolute Gasteiger partial charge is 0.316 e. The number of nitro benzene ring substituents is 1. The molecular weight excluding hydrogens is 282 g/mol. The van der Waals surface area contributed by atoms with E-state index in [1.165, 1.54) is 0 Å². The Morgan fingerprint density at radius 1 is 1.16 bits per heavy atom. The Hall–Kier alpha value is -1.84. The number of hydrogen-bond acceptors (Lipinski definition) is 3. The molecule has 1 atom stereocenters. The van der Waals surface area contributed by atoms with E-state index in [-0.39, 0.29) is 6.07 Å². The maximum absolute atomic E-state index is 12.5. The van der Waals surface area contributed by atoms with Crippen LogP contribution in [0, 0.1) is 10.1 Å². The molecule has 0 saturated carbocycles. The number of benzene rings is 1. The molecular formula is C9H6F6N2O2. The molecule has 4 nitrogen and oxygen atoms in total. The third-order valence-corrected chi connectivity index (χ3v) is 2.23. The van der Waals surface area contributed by atoms with Gasteiger partial charge in [0.25, 0.3) is 5.69 Å². The SMILES string of the molecule is N[C@H](c1ccc([N+](=O)[O-])c(C(F)(F)F)c1)C(F)(F)F. The second-order valence-corrected chi connectivity index (χ2v) is 3.55. The Balaban J connectivity index is 3.39. The van der Waals surface area contributed by atoms with Crippen molar-refractivity contribution in [2.45, 2.75) is 18.4 Å². The molecule has 1 rings (SSSR count). The summed E-state index contributed by atoms with van der Waals surface area (Å²) in [6, 6.07) is -1.71. The maximum atomic E-state index is 12.5. The van der Waals surface area contributed by atoms with E-state index in [1.807, 2.05) is 0 Å². The molecule has 0 bridgehead atoms. The molecule has 10 heteroatoms. The van der Waals surface area contributed by atoms with Crippen LogP contribution in [0.25, 0.3) is 0 Å². The van der Waals surface area contributed by atoms with Crippen LogP contribution >= 0.6 is 0 Å². The van der Waals surface area contributed by atoms with Crippen LogP contribution in [-0.4, -0.2) is 11.1 Å². The summed E-state index contributed by atoms with van der Waals surface area (Å²) in [5, 5.41) is 10.4. The van der Waals surface area contributed by atoms with Gasteiger partial charge in [-0.2, -0.15) is 26.3 Å². The number of nitro groups is 1. The lowest BCUT2D eigenvalue weighted by Gasteiger charge is -2.17. The second-order valence-electron chi connectivity index (χ2n) is 3.55. The number of alkyl halides is 6. The lowest BCUT2D eigenvalue weighted by Crippen LogP contribution is -2.28. The summed E-state index contributed by atoms with van der Waals surface area (Å²) in [6.45, 7) is 0. The zero-order valence-electron chi connectivity index (χ0n) is 8.92. The highest BCUT2D eigenvalue weighted by molar-refractivity contribution is 5.45. The number of hydrogen-bond donors (Lipinski definition) is 1. The Morgan fingerprint density at radius 2 is 1.68 bits per heavy atom. The van der Waals surface area contributed by atoms with E-state index in [2.05, 4.69) is 0 Å². The third kappa shape index (κ3) is 3.34. The first-order chi connectivity index (χ1) is 8.44. The zero-order valence-corrected chi connectivity index (χ0v) is 8.92. The van der Waals surface area contributed by atoms with Crippen molar-refractivity contribution < 1.29 is 31.3 Å². The average molecular weight is 288 g/mol. The van der Waals surface area contributed by atoms with E-state index in [0.717, 1.165) is 0 Å². The van der Waals surface area contributed by atoms with Gasteiger partial charge >= 0.3 is 12.4 Å². The summed E-state index contributed by atoms with van der Waals surface area (Å²) in [6.07, 6.45) is -10.1. The van der Waals surface area contributed by atoms with Crippen LogP contribution in [0.1, 0.15) is 17.2 Å². The molecule has 0 aliphatic rings. The first-order valence-electron chi connectivity index (χ1n) is 4.62. The minimum atomic E-state index is -5.15. The zero-order chi connectivity index (χ0) is 15.0. The van der Waals surface area contributed by atoms with Gasteiger partial charge in [-0.15, -0.1) is 0 Å². The van der Waals surface area contributed by atoms with Crippen LogP contribution in [0.3, 0.4) is 0 Å². The number of rotatable bonds is 2. The highest BCUT2D eigenvalue weighted by Crippen LogP contribution is 2.39. The predicted octanol–water partition coefficient (Wildman–Crippen LogP) is 3.18. The summed E-state index contributed by atoms with van der Waals surface area (Å²) >= 11 is 0. The van der Waals surface area contributed by atoms with Crippen LogP contribution in [0.5, 0.6) is 0 Å². The highest BCUT2D eigenvalue weighted by Gasteiger charge is 2.42. The quantitative estimate of drug-likeness (QED) is 0.516. The van der Waals surface area contributed by atoms with Crippen molar-refractivity contribution in [3.05, 3.63) is 39.4 Å². The van der Waals surface area contributed by atoms with E-state index in [4.69, 9.17) is 5.73 Å². The van der Waals surface area contributed by atoms with Crippen LogP contribution in [-0.2, 0) is 6.18 Å². The third-order valence-electron chi connectivity index (χ3n) is 2.23. The second kappa shape index (κ2) is 4.68. The number of nitrogens with zero attached hydrogens (tertiary/aromatic N) is 1. The van der Waals surface area contributed by atoms with Crippen LogP contribution in [0.15, 0.2) is 18.2 Å². The fourth-order valence-electron chi connectivity index (χ4n) is 1.32. The standard InChI is InChI=1S/C9H6F6N2O2/c10-8(11,12)5-3-4(7(16)9(13,14)15)1-2-6(5)17(18)19/h1-3,7H,16H2/t7-/m1/s1. The Kier molecular flexibility index (Phi) is 3.75. The molecule has 2 N–H and O–H groups in total. The monoisotopic (exact) mass is 288 g/mol. The molecule has 0 amide bonds. The molecule has 0 heterocycles. The predicted molar refractivity (Wildman–Crippen MR) is 51.1 cm³/mol. The largest absolute Gasteiger partial charge is 0.423 e. The van der Waals surface area contributed by atoms with Crippen molar-refractivity contribution in [3.63, 3.8) is 0 Å². The summed E-state index contributed by atoms with van der Waals surface area (Å²) in [5.74, 6) is 0. The lowest BCUT2D eigenvalue weighted by molar-refractivity contribution is -0.388. The summed E-state index contributed by atoms with van der Waals surface area (Å²) in [5.41, 5.74) is 0.754. The Bertz CT molecular complexity index is 496. The first kappa shape index (κ1) is 15.2. The molecule has 0 aliphatic heterocycles.